The zero-order valence-electron chi connectivity index (χ0n) is 27.5. The molecule has 248 valence electrons. The lowest BCUT2D eigenvalue weighted by molar-refractivity contribution is -0.114. The number of nitrogens with one attached hydrogen (secondary N) is 2. The standard InChI is InChI=1S/C30H44N4O8S2Si/c1-11-13-40-29(37)32-16-23-33-27(41-34-23)25(43)26(35)31-12-14-44-17-20-22(42-45(9,10)30(5,6)18(2)3)15-21(38-7)19(4)24(20)28(36)39-8/h11,15,18H,1,12-14,16-17H2,2-10H3,(H,31,35)(H,32,37). The van der Waals surface area contributed by atoms with Gasteiger partial charge >= 0.3 is 12.1 Å². The molecule has 0 unspecified atom stereocenters. The fraction of sp³-hybridized carbons (Fsp3) is 0.533. The normalized spacial score (nSPS) is 11.5. The van der Waals surface area contributed by atoms with Gasteiger partial charge in [0.15, 0.2) is 10.7 Å². The first kappa shape index (κ1) is 37.8. The lowest BCUT2D eigenvalue weighted by Crippen LogP contribution is -2.48. The summed E-state index contributed by atoms with van der Waals surface area (Å²) in [4.78, 5) is 41.1. The molecule has 1 aromatic heterocycles. The van der Waals surface area contributed by atoms with Crippen molar-refractivity contribution in [2.24, 2.45) is 5.92 Å². The van der Waals surface area contributed by atoms with E-state index < -0.39 is 26.3 Å². The maximum atomic E-state index is 13.0. The number of rotatable bonds is 17. The number of carbonyl (C=O) groups is 3. The van der Waals surface area contributed by atoms with Crippen LogP contribution >= 0.6 is 24.0 Å². The number of amides is 2. The summed E-state index contributed by atoms with van der Waals surface area (Å²) in [7, 11) is 0.550. The van der Waals surface area contributed by atoms with Crippen LogP contribution in [0.25, 0.3) is 0 Å². The zero-order valence-corrected chi connectivity index (χ0v) is 30.1. The number of methoxy groups -OCH3 is 2. The van der Waals surface area contributed by atoms with E-state index in [1.807, 2.05) is 13.0 Å². The number of hydrogen-bond donors (Lipinski definition) is 2. The summed E-state index contributed by atoms with van der Waals surface area (Å²) >= 11 is 6.72. The first-order valence-electron chi connectivity index (χ1n) is 14.3. The fourth-order valence-electron chi connectivity index (χ4n) is 4.06. The molecule has 2 amide bonds. The number of esters is 1. The Morgan fingerprint density at radius 2 is 1.89 bits per heavy atom. The van der Waals surface area contributed by atoms with Crippen molar-refractivity contribution in [3.63, 3.8) is 0 Å². The predicted molar refractivity (Wildman–Crippen MR) is 180 cm³/mol. The van der Waals surface area contributed by atoms with Gasteiger partial charge in [0.1, 0.15) is 18.1 Å². The van der Waals surface area contributed by atoms with Crippen molar-refractivity contribution in [1.82, 2.24) is 20.8 Å². The molecule has 45 heavy (non-hydrogen) atoms. The van der Waals surface area contributed by atoms with Crippen molar-refractivity contribution in [2.75, 3.05) is 33.1 Å². The van der Waals surface area contributed by atoms with Crippen LogP contribution in [-0.2, 0) is 26.6 Å². The minimum absolute atomic E-state index is 0.0589. The van der Waals surface area contributed by atoms with Crippen LogP contribution in [0.5, 0.6) is 11.5 Å². The van der Waals surface area contributed by atoms with Crippen molar-refractivity contribution < 1.29 is 37.5 Å². The minimum atomic E-state index is -2.35. The van der Waals surface area contributed by atoms with Gasteiger partial charge in [0.25, 0.3) is 20.1 Å². The molecule has 0 atom stereocenters. The molecule has 0 saturated carbocycles. The average molecular weight is 681 g/mol. The third-order valence-electron chi connectivity index (χ3n) is 7.95. The molecule has 0 fully saturated rings. The van der Waals surface area contributed by atoms with Crippen molar-refractivity contribution >= 4 is 55.1 Å². The Hall–Kier alpha value is -3.43. The first-order chi connectivity index (χ1) is 21.1. The molecule has 0 aliphatic heterocycles. The predicted octanol–water partition coefficient (Wildman–Crippen LogP) is 5.37. The van der Waals surface area contributed by atoms with E-state index in [4.69, 9.17) is 35.4 Å². The van der Waals surface area contributed by atoms with E-state index >= 15 is 0 Å². The Bertz CT molecular complexity index is 1390. The number of hydrogen-bond acceptors (Lipinski definition) is 12. The van der Waals surface area contributed by atoms with E-state index in [0.717, 1.165) is 0 Å². The van der Waals surface area contributed by atoms with Crippen LogP contribution in [0.2, 0.25) is 18.1 Å². The van der Waals surface area contributed by atoms with Gasteiger partial charge in [-0.25, -0.2) is 9.59 Å². The number of benzene rings is 1. The second-order valence-electron chi connectivity index (χ2n) is 11.4. The number of thioether (sulfide) groups is 1. The van der Waals surface area contributed by atoms with Crippen LogP contribution in [0, 0.1) is 12.8 Å². The minimum Gasteiger partial charge on any atom is -0.543 e. The zero-order chi connectivity index (χ0) is 33.9. The Kier molecular flexibility index (Phi) is 14.1. The van der Waals surface area contributed by atoms with Crippen molar-refractivity contribution in [2.45, 2.75) is 65.0 Å². The summed E-state index contributed by atoms with van der Waals surface area (Å²) in [6, 6.07) is 1.85. The third-order valence-corrected chi connectivity index (χ3v) is 13.7. The topological polar surface area (TPSA) is 151 Å². The Morgan fingerprint density at radius 3 is 2.49 bits per heavy atom. The van der Waals surface area contributed by atoms with Crippen LogP contribution in [0.4, 0.5) is 4.79 Å². The average Bonchev–Trinajstić information content (AvgIpc) is 3.47. The van der Waals surface area contributed by atoms with Gasteiger partial charge in [0.2, 0.25) is 0 Å². The highest BCUT2D eigenvalue weighted by Gasteiger charge is 2.45. The molecule has 0 bridgehead atoms. The number of nitrogens with zero attached hydrogens (tertiary/aromatic N) is 2. The third kappa shape index (κ3) is 9.78. The van der Waals surface area contributed by atoms with Crippen LogP contribution in [0.15, 0.2) is 23.2 Å². The monoisotopic (exact) mass is 680 g/mol. The van der Waals surface area contributed by atoms with Gasteiger partial charge in [-0.05, 0) is 31.0 Å². The quantitative estimate of drug-likeness (QED) is 0.0552. The molecule has 0 radical (unpaired) electrons. The summed E-state index contributed by atoms with van der Waals surface area (Å²) in [5, 5.41) is 8.84. The van der Waals surface area contributed by atoms with E-state index in [1.54, 1.807) is 7.11 Å². The number of ether oxygens (including phenoxy) is 3. The van der Waals surface area contributed by atoms with Gasteiger partial charge in [-0.3, -0.25) is 4.79 Å². The van der Waals surface area contributed by atoms with E-state index in [-0.39, 0.29) is 41.3 Å². The highest BCUT2D eigenvalue weighted by atomic mass is 32.2. The molecule has 12 nitrogen and oxygen atoms in total. The number of thiocarbonyl (C=S) groups is 1. The van der Waals surface area contributed by atoms with Crippen molar-refractivity contribution in [3.05, 3.63) is 47.1 Å². The van der Waals surface area contributed by atoms with Crippen LogP contribution in [0.3, 0.4) is 0 Å². The van der Waals surface area contributed by atoms with Gasteiger partial charge in [0.05, 0.1) is 26.3 Å². The number of aromatic nitrogens is 2. The SMILES string of the molecule is C=CCOC(=O)NCc1noc(C(=S)C(=O)NCCSCc2c(O[Si](C)(C)C(C)(C)C(C)C)cc(OC)c(C)c2C(=O)OC)n1. The van der Waals surface area contributed by atoms with Gasteiger partial charge in [-0.15, -0.1) is 0 Å². The molecule has 2 rings (SSSR count). The molecule has 0 spiro atoms. The van der Waals surface area contributed by atoms with Gasteiger partial charge in [-0.2, -0.15) is 16.7 Å². The summed E-state index contributed by atoms with van der Waals surface area (Å²) < 4.78 is 27.4. The smallest absolute Gasteiger partial charge is 0.407 e. The van der Waals surface area contributed by atoms with Crippen LogP contribution in [0.1, 0.15) is 60.9 Å². The summed E-state index contributed by atoms with van der Waals surface area (Å²) in [5.74, 6) is 1.40. The van der Waals surface area contributed by atoms with Crippen molar-refractivity contribution in [3.8, 4) is 11.5 Å². The molecule has 2 N–H and O–H groups in total. The molecule has 0 aliphatic carbocycles. The Labute approximate surface area is 275 Å². The molecule has 2 aromatic rings. The second-order valence-corrected chi connectivity index (χ2v) is 17.5. The highest BCUT2D eigenvalue weighted by Crippen LogP contribution is 2.46. The summed E-state index contributed by atoms with van der Waals surface area (Å²) in [6.45, 7) is 18.7. The molecule has 0 aliphatic rings. The first-order valence-corrected chi connectivity index (χ1v) is 18.8. The number of carbonyl (C=O) groups excluding carboxylic acids is 3. The fourth-order valence-corrected chi connectivity index (χ4v) is 7.48. The largest absolute Gasteiger partial charge is 0.543 e. The van der Waals surface area contributed by atoms with Crippen molar-refractivity contribution in [1.29, 1.82) is 0 Å². The molecule has 0 saturated heterocycles. The molecule has 15 heteroatoms. The maximum absolute atomic E-state index is 13.0. The van der Waals surface area contributed by atoms with Gasteiger partial charge in [-0.1, -0.05) is 57.7 Å². The van der Waals surface area contributed by atoms with E-state index in [9.17, 15) is 14.4 Å². The Balaban J connectivity index is 2.11. The number of alkyl carbamates (subject to hydrolysis) is 1. The van der Waals surface area contributed by atoms with Crippen LogP contribution < -0.4 is 19.8 Å². The summed E-state index contributed by atoms with van der Waals surface area (Å²) in [6.07, 6.45) is 0.760. The lowest BCUT2D eigenvalue weighted by Gasteiger charge is -2.43. The molecular weight excluding hydrogens is 637 g/mol. The Morgan fingerprint density at radius 1 is 1.20 bits per heavy atom. The van der Waals surface area contributed by atoms with E-state index in [0.29, 0.717) is 45.6 Å². The molecular formula is C30H44N4O8S2Si. The highest BCUT2D eigenvalue weighted by molar-refractivity contribution is 7.98. The molecule has 1 aromatic carbocycles. The summed E-state index contributed by atoms with van der Waals surface area (Å²) in [5.41, 5.74) is 1.79. The second kappa shape index (κ2) is 16.8. The van der Waals surface area contributed by atoms with Gasteiger partial charge in [0, 0.05) is 35.2 Å². The van der Waals surface area contributed by atoms with Crippen LogP contribution in [-0.4, -0.2) is 74.4 Å². The maximum Gasteiger partial charge on any atom is 0.407 e. The van der Waals surface area contributed by atoms with E-state index in [2.05, 4.69) is 68.1 Å². The molecule has 1 heterocycles. The van der Waals surface area contributed by atoms with E-state index in [1.165, 1.54) is 24.9 Å². The van der Waals surface area contributed by atoms with Gasteiger partial charge < -0.3 is 33.8 Å². The lowest BCUT2D eigenvalue weighted by atomic mass is 9.99.